The Labute approximate surface area is 185 Å². The molecule has 0 bridgehead atoms. The summed E-state index contributed by atoms with van der Waals surface area (Å²) in [6, 6.07) is 22.0. The fourth-order valence-corrected chi connectivity index (χ4v) is 3.78. The van der Waals surface area contributed by atoms with Crippen molar-refractivity contribution in [3.8, 4) is 28.3 Å². The van der Waals surface area contributed by atoms with Gasteiger partial charge in [-0.05, 0) is 54.8 Å². The van der Waals surface area contributed by atoms with Crippen LogP contribution in [0.3, 0.4) is 0 Å². The summed E-state index contributed by atoms with van der Waals surface area (Å²) in [5.41, 5.74) is 5.68. The van der Waals surface area contributed by atoms with E-state index >= 15 is 0 Å². The van der Waals surface area contributed by atoms with Crippen LogP contribution in [-0.4, -0.2) is 27.5 Å². The number of hydrogen-bond donors (Lipinski definition) is 1. The highest BCUT2D eigenvalue weighted by Crippen LogP contribution is 2.36. The van der Waals surface area contributed by atoms with E-state index in [-0.39, 0.29) is 5.82 Å². The lowest BCUT2D eigenvalue weighted by Gasteiger charge is -2.13. The summed E-state index contributed by atoms with van der Waals surface area (Å²) in [5.74, 6) is -0.896. The zero-order valence-electron chi connectivity index (χ0n) is 17.9. The molecule has 6 heteroatoms. The topological polar surface area (TPSA) is 64.3 Å². The first-order chi connectivity index (χ1) is 15.4. The number of carboxylic acids is 1. The van der Waals surface area contributed by atoms with E-state index in [9.17, 15) is 9.18 Å². The summed E-state index contributed by atoms with van der Waals surface area (Å²) >= 11 is 0. The molecular weight excluding hydrogens is 407 g/mol. The molecular formula is C26H23FN2O3. The van der Waals surface area contributed by atoms with Crippen molar-refractivity contribution >= 4 is 5.97 Å². The number of rotatable bonds is 7. The maximum atomic E-state index is 14.0. The van der Waals surface area contributed by atoms with Gasteiger partial charge in [-0.3, -0.25) is 4.68 Å². The minimum Gasteiger partial charge on any atom is -0.481 e. The number of carbonyl (C=O) groups is 1. The second-order valence-electron chi connectivity index (χ2n) is 7.71. The van der Waals surface area contributed by atoms with Gasteiger partial charge in [0.15, 0.2) is 6.61 Å². The molecule has 0 aliphatic carbocycles. The van der Waals surface area contributed by atoms with Crippen LogP contribution < -0.4 is 4.74 Å². The minimum absolute atomic E-state index is 0.326. The molecule has 3 aromatic carbocycles. The van der Waals surface area contributed by atoms with Gasteiger partial charge in [0.05, 0.1) is 17.9 Å². The molecule has 0 atom stereocenters. The van der Waals surface area contributed by atoms with E-state index in [4.69, 9.17) is 14.9 Å². The predicted octanol–water partition coefficient (Wildman–Crippen LogP) is 5.48. The first-order valence-electron chi connectivity index (χ1n) is 10.2. The molecule has 0 radical (unpaired) electrons. The average Bonchev–Trinajstić information content (AvgIpc) is 3.17. The molecule has 5 nitrogen and oxygen atoms in total. The van der Waals surface area contributed by atoms with Crippen LogP contribution in [0.4, 0.5) is 4.39 Å². The molecule has 0 unspecified atom stereocenters. The highest BCUT2D eigenvalue weighted by Gasteiger charge is 2.18. The number of halogens is 1. The lowest BCUT2D eigenvalue weighted by molar-refractivity contribution is -0.139. The third-order valence-electron chi connectivity index (χ3n) is 5.11. The number of aromatic nitrogens is 2. The van der Waals surface area contributed by atoms with E-state index in [1.165, 1.54) is 12.1 Å². The number of benzene rings is 3. The van der Waals surface area contributed by atoms with Crippen LogP contribution in [-0.2, 0) is 11.3 Å². The summed E-state index contributed by atoms with van der Waals surface area (Å²) in [6.45, 7) is 3.90. The highest BCUT2D eigenvalue weighted by molar-refractivity contribution is 5.76. The van der Waals surface area contributed by atoms with Crippen molar-refractivity contribution in [2.45, 2.75) is 20.4 Å². The summed E-state index contributed by atoms with van der Waals surface area (Å²) in [5, 5.41) is 13.9. The van der Waals surface area contributed by atoms with Crippen molar-refractivity contribution in [2.75, 3.05) is 6.61 Å². The van der Waals surface area contributed by atoms with Gasteiger partial charge >= 0.3 is 5.97 Å². The van der Waals surface area contributed by atoms with Gasteiger partial charge in [-0.1, -0.05) is 48.5 Å². The standard InChI is InChI=1S/C26H23FN2O3/c1-17-11-18(2)26(32-16-25(30)31)22(12-17)23-14-24(20-9-6-10-21(27)13-20)29(28-23)15-19-7-4-3-5-8-19/h3-14H,15-16H2,1-2H3,(H,30,31). The lowest BCUT2D eigenvalue weighted by Crippen LogP contribution is -2.11. The van der Waals surface area contributed by atoms with Crippen molar-refractivity contribution in [3.05, 3.63) is 95.3 Å². The summed E-state index contributed by atoms with van der Waals surface area (Å²) in [7, 11) is 0. The zero-order valence-corrected chi connectivity index (χ0v) is 17.9. The molecule has 4 rings (SSSR count). The van der Waals surface area contributed by atoms with Crippen LogP contribution in [0.2, 0.25) is 0 Å². The van der Waals surface area contributed by atoms with Crippen LogP contribution >= 0.6 is 0 Å². The predicted molar refractivity (Wildman–Crippen MR) is 121 cm³/mol. The third-order valence-corrected chi connectivity index (χ3v) is 5.11. The number of hydrogen-bond acceptors (Lipinski definition) is 3. The molecule has 1 N–H and O–H groups in total. The lowest BCUT2D eigenvalue weighted by atomic mass is 10.0. The monoisotopic (exact) mass is 430 g/mol. The zero-order chi connectivity index (χ0) is 22.7. The number of aliphatic carboxylic acids is 1. The van der Waals surface area contributed by atoms with Gasteiger partial charge in [-0.2, -0.15) is 5.10 Å². The van der Waals surface area contributed by atoms with Crippen molar-refractivity contribution in [1.29, 1.82) is 0 Å². The van der Waals surface area contributed by atoms with E-state index < -0.39 is 12.6 Å². The normalized spacial score (nSPS) is 10.8. The van der Waals surface area contributed by atoms with E-state index in [1.807, 2.05) is 73.1 Å². The van der Waals surface area contributed by atoms with E-state index in [2.05, 4.69) is 0 Å². The molecule has 0 aliphatic heterocycles. The fourth-order valence-electron chi connectivity index (χ4n) is 3.78. The number of nitrogens with zero attached hydrogens (tertiary/aromatic N) is 2. The quantitative estimate of drug-likeness (QED) is 0.421. The van der Waals surface area contributed by atoms with Gasteiger partial charge in [-0.15, -0.1) is 0 Å². The van der Waals surface area contributed by atoms with Gasteiger partial charge < -0.3 is 9.84 Å². The molecule has 32 heavy (non-hydrogen) atoms. The smallest absolute Gasteiger partial charge is 0.341 e. The number of ether oxygens (including phenoxy) is 1. The molecule has 0 spiro atoms. The van der Waals surface area contributed by atoms with Gasteiger partial charge in [0.1, 0.15) is 11.6 Å². The van der Waals surface area contributed by atoms with Crippen molar-refractivity contribution in [2.24, 2.45) is 0 Å². The summed E-state index contributed by atoms with van der Waals surface area (Å²) in [6.07, 6.45) is 0. The minimum atomic E-state index is -1.05. The van der Waals surface area contributed by atoms with Crippen LogP contribution in [0.25, 0.3) is 22.5 Å². The Balaban J connectivity index is 1.85. The molecule has 1 aromatic heterocycles. The van der Waals surface area contributed by atoms with Crippen molar-refractivity contribution in [1.82, 2.24) is 9.78 Å². The van der Waals surface area contributed by atoms with E-state index in [0.29, 0.717) is 29.1 Å². The molecule has 1 heterocycles. The van der Waals surface area contributed by atoms with Gasteiger partial charge in [-0.25, -0.2) is 9.18 Å². The average molecular weight is 430 g/mol. The molecule has 0 aliphatic rings. The Kier molecular flexibility index (Phi) is 6.03. The Bertz CT molecular complexity index is 1270. The van der Waals surface area contributed by atoms with Crippen LogP contribution in [0.15, 0.2) is 72.8 Å². The second kappa shape index (κ2) is 9.06. The van der Waals surface area contributed by atoms with Gasteiger partial charge in [0, 0.05) is 11.1 Å². The van der Waals surface area contributed by atoms with Crippen molar-refractivity contribution in [3.63, 3.8) is 0 Å². The molecule has 0 fully saturated rings. The Hall–Kier alpha value is -3.93. The maximum absolute atomic E-state index is 14.0. The third kappa shape index (κ3) is 4.70. The Morgan fingerprint density at radius 3 is 2.53 bits per heavy atom. The molecule has 162 valence electrons. The number of aryl methyl sites for hydroxylation is 2. The first kappa shape index (κ1) is 21.3. The highest BCUT2D eigenvalue weighted by atomic mass is 19.1. The summed E-state index contributed by atoms with van der Waals surface area (Å²) in [4.78, 5) is 11.1. The first-order valence-corrected chi connectivity index (χ1v) is 10.2. The molecule has 4 aromatic rings. The van der Waals surface area contributed by atoms with Crippen LogP contribution in [0.5, 0.6) is 5.75 Å². The van der Waals surface area contributed by atoms with Gasteiger partial charge in [0.25, 0.3) is 0 Å². The summed E-state index contributed by atoms with van der Waals surface area (Å²) < 4.78 is 21.4. The Morgan fingerprint density at radius 1 is 1.03 bits per heavy atom. The van der Waals surface area contributed by atoms with Crippen LogP contribution in [0.1, 0.15) is 16.7 Å². The fraction of sp³-hybridized carbons (Fsp3) is 0.154. The molecule has 0 saturated carbocycles. The van der Waals surface area contributed by atoms with E-state index in [1.54, 1.807) is 6.07 Å². The Morgan fingerprint density at radius 2 is 1.81 bits per heavy atom. The molecule has 0 amide bonds. The van der Waals surface area contributed by atoms with Gasteiger partial charge in [0.2, 0.25) is 0 Å². The maximum Gasteiger partial charge on any atom is 0.341 e. The largest absolute Gasteiger partial charge is 0.481 e. The number of carboxylic acid groups (broad SMARTS) is 1. The SMILES string of the molecule is Cc1cc(C)c(OCC(=O)O)c(-c2cc(-c3cccc(F)c3)n(Cc3ccccc3)n2)c1. The van der Waals surface area contributed by atoms with Crippen molar-refractivity contribution < 1.29 is 19.0 Å². The molecule has 0 saturated heterocycles. The van der Waals surface area contributed by atoms with Crippen LogP contribution in [0, 0.1) is 19.7 Å². The van der Waals surface area contributed by atoms with E-state index in [0.717, 1.165) is 22.4 Å². The second-order valence-corrected chi connectivity index (χ2v) is 7.71.